The SMILES string of the molecule is C=CCn1c(SCC(=O)NC(C)c2cccs2)nnc1-c1ccco1. The van der Waals surface area contributed by atoms with Gasteiger partial charge in [-0.15, -0.1) is 28.1 Å². The molecule has 3 heterocycles. The molecule has 25 heavy (non-hydrogen) atoms. The minimum Gasteiger partial charge on any atom is -0.461 e. The molecule has 0 bridgehead atoms. The van der Waals surface area contributed by atoms with E-state index < -0.39 is 0 Å². The zero-order valence-electron chi connectivity index (χ0n) is 13.7. The van der Waals surface area contributed by atoms with Crippen molar-refractivity contribution < 1.29 is 9.21 Å². The molecule has 1 unspecified atom stereocenters. The highest BCUT2D eigenvalue weighted by Crippen LogP contribution is 2.24. The van der Waals surface area contributed by atoms with Crippen LogP contribution in [-0.4, -0.2) is 26.4 Å². The summed E-state index contributed by atoms with van der Waals surface area (Å²) in [6, 6.07) is 7.62. The molecule has 0 aliphatic rings. The van der Waals surface area contributed by atoms with E-state index in [1.165, 1.54) is 11.8 Å². The van der Waals surface area contributed by atoms with E-state index >= 15 is 0 Å². The largest absolute Gasteiger partial charge is 0.461 e. The molecule has 0 saturated heterocycles. The molecule has 3 rings (SSSR count). The van der Waals surface area contributed by atoms with Crippen molar-refractivity contribution in [3.8, 4) is 11.6 Å². The fourth-order valence-corrected chi connectivity index (χ4v) is 3.79. The third kappa shape index (κ3) is 4.21. The summed E-state index contributed by atoms with van der Waals surface area (Å²) in [6.07, 6.45) is 3.35. The fraction of sp³-hybridized carbons (Fsp3) is 0.235. The lowest BCUT2D eigenvalue weighted by Gasteiger charge is -2.12. The van der Waals surface area contributed by atoms with E-state index in [0.29, 0.717) is 23.3 Å². The Hall–Kier alpha value is -2.32. The molecule has 6 nitrogen and oxygen atoms in total. The van der Waals surface area contributed by atoms with E-state index in [-0.39, 0.29) is 17.7 Å². The number of carbonyl (C=O) groups excluding carboxylic acids is 1. The average molecular weight is 374 g/mol. The number of nitrogens with one attached hydrogen (secondary N) is 1. The van der Waals surface area contributed by atoms with Gasteiger partial charge in [0.1, 0.15) is 0 Å². The Balaban J connectivity index is 1.64. The number of nitrogens with zero attached hydrogens (tertiary/aromatic N) is 3. The van der Waals surface area contributed by atoms with Gasteiger partial charge in [0.25, 0.3) is 0 Å². The number of rotatable bonds is 8. The summed E-state index contributed by atoms with van der Waals surface area (Å²) in [5, 5.41) is 14.0. The van der Waals surface area contributed by atoms with Crippen LogP contribution in [0.1, 0.15) is 17.8 Å². The topological polar surface area (TPSA) is 73.0 Å². The van der Waals surface area contributed by atoms with Crippen molar-refractivity contribution in [2.45, 2.75) is 24.7 Å². The number of furan rings is 1. The number of carbonyl (C=O) groups is 1. The molecule has 8 heteroatoms. The lowest BCUT2D eigenvalue weighted by molar-refractivity contribution is -0.119. The molecule has 0 spiro atoms. The second-order valence-corrected chi connectivity index (χ2v) is 7.20. The van der Waals surface area contributed by atoms with Crippen molar-refractivity contribution in [3.63, 3.8) is 0 Å². The number of hydrogen-bond acceptors (Lipinski definition) is 6. The van der Waals surface area contributed by atoms with Crippen LogP contribution in [0.2, 0.25) is 0 Å². The molecule has 0 aromatic carbocycles. The summed E-state index contributed by atoms with van der Waals surface area (Å²) in [5.74, 6) is 1.48. The van der Waals surface area contributed by atoms with Crippen LogP contribution < -0.4 is 5.32 Å². The van der Waals surface area contributed by atoms with E-state index in [2.05, 4.69) is 22.1 Å². The summed E-state index contributed by atoms with van der Waals surface area (Å²) in [6.45, 7) is 6.28. The Morgan fingerprint density at radius 3 is 3.04 bits per heavy atom. The summed E-state index contributed by atoms with van der Waals surface area (Å²) in [7, 11) is 0. The van der Waals surface area contributed by atoms with Crippen molar-refractivity contribution in [1.82, 2.24) is 20.1 Å². The molecule has 0 fully saturated rings. The van der Waals surface area contributed by atoms with Crippen LogP contribution in [-0.2, 0) is 11.3 Å². The van der Waals surface area contributed by atoms with Crippen molar-refractivity contribution in [1.29, 1.82) is 0 Å². The molecule has 0 aliphatic heterocycles. The predicted molar refractivity (Wildman–Crippen MR) is 99.5 cm³/mol. The van der Waals surface area contributed by atoms with E-state index in [1.54, 1.807) is 29.7 Å². The number of aromatic nitrogens is 3. The van der Waals surface area contributed by atoms with E-state index in [4.69, 9.17) is 4.42 Å². The van der Waals surface area contributed by atoms with Crippen LogP contribution in [0.3, 0.4) is 0 Å². The van der Waals surface area contributed by atoms with Crippen molar-refractivity contribution >= 4 is 29.0 Å². The maximum absolute atomic E-state index is 12.2. The number of amides is 1. The Morgan fingerprint density at radius 1 is 1.48 bits per heavy atom. The highest BCUT2D eigenvalue weighted by molar-refractivity contribution is 7.99. The first-order chi connectivity index (χ1) is 12.2. The average Bonchev–Trinajstić information content (AvgIpc) is 3.34. The normalized spacial score (nSPS) is 12.0. The van der Waals surface area contributed by atoms with Gasteiger partial charge in [0.15, 0.2) is 10.9 Å². The van der Waals surface area contributed by atoms with Crippen LogP contribution in [0.5, 0.6) is 0 Å². The quantitative estimate of drug-likeness (QED) is 0.480. The zero-order valence-corrected chi connectivity index (χ0v) is 15.3. The Labute approximate surface area is 154 Å². The number of allylic oxidation sites excluding steroid dienone is 1. The van der Waals surface area contributed by atoms with Gasteiger partial charge in [-0.25, -0.2) is 0 Å². The van der Waals surface area contributed by atoms with Crippen molar-refractivity contribution in [2.75, 3.05) is 5.75 Å². The van der Waals surface area contributed by atoms with Gasteiger partial charge in [-0.3, -0.25) is 9.36 Å². The molecular formula is C17H18N4O2S2. The summed E-state index contributed by atoms with van der Waals surface area (Å²) >= 11 is 2.97. The summed E-state index contributed by atoms with van der Waals surface area (Å²) in [4.78, 5) is 13.3. The van der Waals surface area contributed by atoms with Gasteiger partial charge in [-0.1, -0.05) is 23.9 Å². The van der Waals surface area contributed by atoms with E-state index in [9.17, 15) is 4.79 Å². The zero-order chi connectivity index (χ0) is 17.6. The van der Waals surface area contributed by atoms with Crippen molar-refractivity contribution in [3.05, 3.63) is 53.4 Å². The monoisotopic (exact) mass is 374 g/mol. The first kappa shape index (κ1) is 17.5. The van der Waals surface area contributed by atoms with Gasteiger partial charge < -0.3 is 9.73 Å². The van der Waals surface area contributed by atoms with E-state index in [1.807, 2.05) is 35.1 Å². The standard InChI is InChI=1S/C17H18N4O2S2/c1-3-8-21-16(13-6-4-9-23-13)19-20-17(21)25-11-15(22)18-12(2)14-7-5-10-24-14/h3-7,9-10,12H,1,8,11H2,2H3,(H,18,22). The second-order valence-electron chi connectivity index (χ2n) is 5.28. The molecule has 1 N–H and O–H groups in total. The van der Waals surface area contributed by atoms with Crippen molar-refractivity contribution in [2.24, 2.45) is 0 Å². The lowest BCUT2D eigenvalue weighted by atomic mass is 10.3. The Kier molecular flexibility index (Phi) is 5.72. The van der Waals surface area contributed by atoms with Gasteiger partial charge in [0.2, 0.25) is 11.7 Å². The molecule has 0 saturated carbocycles. The van der Waals surface area contributed by atoms with Gasteiger partial charge in [-0.2, -0.15) is 0 Å². The molecule has 1 amide bonds. The highest BCUT2D eigenvalue weighted by Gasteiger charge is 2.17. The number of hydrogen-bond donors (Lipinski definition) is 1. The minimum atomic E-state index is -0.0430. The summed E-state index contributed by atoms with van der Waals surface area (Å²) in [5.41, 5.74) is 0. The van der Waals surface area contributed by atoms with Gasteiger partial charge in [0, 0.05) is 11.4 Å². The highest BCUT2D eigenvalue weighted by atomic mass is 32.2. The predicted octanol–water partition coefficient (Wildman–Crippen LogP) is 3.76. The van der Waals surface area contributed by atoms with Crippen LogP contribution in [0.4, 0.5) is 0 Å². The molecule has 0 aliphatic carbocycles. The number of thioether (sulfide) groups is 1. The van der Waals surface area contributed by atoms with E-state index in [0.717, 1.165) is 4.88 Å². The first-order valence-corrected chi connectivity index (χ1v) is 9.59. The molecule has 3 aromatic heterocycles. The van der Waals surface area contributed by atoms with Crippen LogP contribution in [0.15, 0.2) is 58.1 Å². The third-order valence-corrected chi connectivity index (χ3v) is 5.47. The first-order valence-electron chi connectivity index (χ1n) is 7.72. The Morgan fingerprint density at radius 2 is 2.36 bits per heavy atom. The molecule has 3 aromatic rings. The van der Waals surface area contributed by atoms with Gasteiger partial charge >= 0.3 is 0 Å². The molecule has 1 atom stereocenters. The van der Waals surface area contributed by atoms with Crippen LogP contribution in [0, 0.1) is 0 Å². The fourth-order valence-electron chi connectivity index (χ4n) is 2.30. The minimum absolute atomic E-state index is 0.00201. The Bertz CT molecular complexity index is 825. The summed E-state index contributed by atoms with van der Waals surface area (Å²) < 4.78 is 7.28. The third-order valence-electron chi connectivity index (χ3n) is 3.45. The molecule has 0 radical (unpaired) electrons. The maximum Gasteiger partial charge on any atom is 0.230 e. The van der Waals surface area contributed by atoms with Gasteiger partial charge in [0.05, 0.1) is 18.1 Å². The van der Waals surface area contributed by atoms with Crippen LogP contribution in [0.25, 0.3) is 11.6 Å². The second kappa shape index (κ2) is 8.17. The lowest BCUT2D eigenvalue weighted by Crippen LogP contribution is -2.27. The molecular weight excluding hydrogens is 356 g/mol. The van der Waals surface area contributed by atoms with Crippen LogP contribution >= 0.6 is 23.1 Å². The maximum atomic E-state index is 12.2. The smallest absolute Gasteiger partial charge is 0.230 e. The molecule has 130 valence electrons. The number of thiophene rings is 1. The van der Waals surface area contributed by atoms with Gasteiger partial charge in [-0.05, 0) is 30.5 Å².